The molecule has 1 aromatic carbocycles. The Balaban J connectivity index is 1.12. The second kappa shape index (κ2) is 10.4. The average Bonchev–Trinajstić information content (AvgIpc) is 3.33. The Bertz CT molecular complexity index is 1360. The molecule has 0 bridgehead atoms. The van der Waals surface area contributed by atoms with Crippen LogP contribution in [-0.2, 0) is 11.3 Å². The zero-order chi connectivity index (χ0) is 25.2. The van der Waals surface area contributed by atoms with E-state index in [9.17, 15) is 9.18 Å². The van der Waals surface area contributed by atoms with Crippen molar-refractivity contribution in [2.24, 2.45) is 5.92 Å². The molecular weight excluding hydrogens is 467 g/mol. The van der Waals surface area contributed by atoms with Crippen molar-refractivity contribution in [3.8, 4) is 11.5 Å². The number of imidazole rings is 1. The minimum Gasteiger partial charge on any atom is -0.342 e. The number of hydrogen-bond donors (Lipinski definition) is 0. The fourth-order valence-electron chi connectivity index (χ4n) is 5.78. The summed E-state index contributed by atoms with van der Waals surface area (Å²) in [7, 11) is 0. The highest BCUT2D eigenvalue weighted by molar-refractivity contribution is 5.81. The molecule has 8 heteroatoms. The molecule has 0 unspecified atom stereocenters. The van der Waals surface area contributed by atoms with Crippen molar-refractivity contribution in [3.63, 3.8) is 0 Å². The molecule has 6 rings (SSSR count). The summed E-state index contributed by atoms with van der Waals surface area (Å²) in [5.74, 6) is 0.846. The molecule has 0 N–H and O–H groups in total. The number of benzene rings is 1. The number of piperidine rings is 2. The number of carbonyl (C=O) groups is 1. The predicted molar refractivity (Wildman–Crippen MR) is 140 cm³/mol. The Morgan fingerprint density at radius 1 is 0.892 bits per heavy atom. The summed E-state index contributed by atoms with van der Waals surface area (Å²) < 4.78 is 16.2. The van der Waals surface area contributed by atoms with E-state index < -0.39 is 0 Å². The lowest BCUT2D eigenvalue weighted by atomic mass is 9.93. The zero-order valence-electron chi connectivity index (χ0n) is 20.8. The van der Waals surface area contributed by atoms with E-state index in [0.717, 1.165) is 81.1 Å². The lowest BCUT2D eigenvalue weighted by Gasteiger charge is -2.38. The van der Waals surface area contributed by atoms with Crippen molar-refractivity contribution in [1.29, 1.82) is 0 Å². The first kappa shape index (κ1) is 23.7. The van der Waals surface area contributed by atoms with Crippen molar-refractivity contribution >= 4 is 16.9 Å². The number of hydrogen-bond acceptors (Lipinski definition) is 5. The van der Waals surface area contributed by atoms with Crippen LogP contribution >= 0.6 is 0 Å². The third-order valence-electron chi connectivity index (χ3n) is 7.74. The molecule has 0 aliphatic carbocycles. The number of rotatable bonds is 5. The summed E-state index contributed by atoms with van der Waals surface area (Å²) in [4.78, 5) is 31.5. The van der Waals surface area contributed by atoms with Crippen LogP contribution in [0.1, 0.15) is 37.4 Å². The van der Waals surface area contributed by atoms with Gasteiger partial charge < -0.3 is 9.47 Å². The number of carbonyl (C=O) groups excluding carboxylic acids is 1. The van der Waals surface area contributed by atoms with E-state index in [-0.39, 0.29) is 17.8 Å². The molecule has 2 fully saturated rings. The number of nitrogens with zero attached hydrogens (tertiary/aromatic N) is 6. The third kappa shape index (κ3) is 4.98. The number of amides is 1. The van der Waals surface area contributed by atoms with Gasteiger partial charge in [-0.1, -0.05) is 12.1 Å². The molecule has 0 saturated carbocycles. The quantitative estimate of drug-likeness (QED) is 0.399. The molecule has 4 aromatic rings. The van der Waals surface area contributed by atoms with Crippen LogP contribution in [0.5, 0.6) is 0 Å². The van der Waals surface area contributed by atoms with E-state index in [4.69, 9.17) is 4.98 Å². The maximum Gasteiger partial charge on any atom is 0.225 e. The first-order chi connectivity index (χ1) is 18.2. The molecule has 3 aromatic heterocycles. The van der Waals surface area contributed by atoms with Gasteiger partial charge in [-0.05, 0) is 75.2 Å². The molecule has 2 saturated heterocycles. The van der Waals surface area contributed by atoms with Gasteiger partial charge in [0.05, 0.1) is 16.7 Å². The van der Waals surface area contributed by atoms with Crippen molar-refractivity contribution in [1.82, 2.24) is 29.3 Å². The fraction of sp³-hybridized carbons (Fsp3) is 0.379. The largest absolute Gasteiger partial charge is 0.342 e. The molecule has 2 aliphatic rings. The van der Waals surface area contributed by atoms with Gasteiger partial charge in [0.2, 0.25) is 5.91 Å². The van der Waals surface area contributed by atoms with Crippen LogP contribution < -0.4 is 0 Å². The third-order valence-corrected chi connectivity index (χ3v) is 7.74. The monoisotopic (exact) mass is 498 g/mol. The summed E-state index contributed by atoms with van der Waals surface area (Å²) in [6.07, 6.45) is 7.06. The first-order valence-electron chi connectivity index (χ1n) is 13.2. The van der Waals surface area contributed by atoms with Crippen LogP contribution in [0.4, 0.5) is 4.39 Å². The van der Waals surface area contributed by atoms with Crippen LogP contribution in [0.3, 0.4) is 0 Å². The lowest BCUT2D eigenvalue weighted by Crippen LogP contribution is -2.45. The molecular formula is C29H31FN6O. The van der Waals surface area contributed by atoms with Crippen LogP contribution in [-0.4, -0.2) is 61.4 Å². The minimum atomic E-state index is -0.295. The Morgan fingerprint density at radius 2 is 1.65 bits per heavy atom. The molecule has 7 nitrogen and oxygen atoms in total. The SMILES string of the molecule is O=C(C1CCN(Cc2ccccn2)CC1)N1CCC(n2c(-c3ccccn3)nc3cc(F)ccc32)CC1. The van der Waals surface area contributed by atoms with Gasteiger partial charge in [-0.25, -0.2) is 9.37 Å². The van der Waals surface area contributed by atoms with Gasteiger partial charge in [0.15, 0.2) is 5.82 Å². The highest BCUT2D eigenvalue weighted by Gasteiger charge is 2.32. The number of pyridine rings is 2. The van der Waals surface area contributed by atoms with E-state index in [1.807, 2.05) is 36.5 Å². The lowest BCUT2D eigenvalue weighted by molar-refractivity contribution is -0.138. The molecule has 0 atom stereocenters. The van der Waals surface area contributed by atoms with E-state index in [2.05, 4.69) is 30.4 Å². The van der Waals surface area contributed by atoms with Gasteiger partial charge >= 0.3 is 0 Å². The second-order valence-corrected chi connectivity index (χ2v) is 10.1. The van der Waals surface area contributed by atoms with Gasteiger partial charge in [-0.2, -0.15) is 0 Å². The molecule has 190 valence electrons. The Labute approximate surface area is 216 Å². The highest BCUT2D eigenvalue weighted by Crippen LogP contribution is 2.34. The summed E-state index contributed by atoms with van der Waals surface area (Å²) in [5.41, 5.74) is 3.40. The standard InChI is InChI=1S/C29H31FN6O/c30-22-7-8-27-26(19-22)33-28(25-6-2-4-14-32-25)36(27)24-11-17-35(18-12-24)29(37)21-9-15-34(16-10-21)20-23-5-1-3-13-31-23/h1-8,13-14,19,21,24H,9-12,15-18,20H2. The molecule has 0 spiro atoms. The maximum atomic E-state index is 14.0. The van der Waals surface area contributed by atoms with Gasteiger partial charge in [0, 0.05) is 50.1 Å². The van der Waals surface area contributed by atoms with Crippen LogP contribution in [0.15, 0.2) is 67.0 Å². The Morgan fingerprint density at radius 3 is 2.35 bits per heavy atom. The normalized spacial score (nSPS) is 17.9. The van der Waals surface area contributed by atoms with Crippen LogP contribution in [0, 0.1) is 11.7 Å². The van der Waals surface area contributed by atoms with E-state index in [1.165, 1.54) is 12.1 Å². The van der Waals surface area contributed by atoms with Crippen LogP contribution in [0.2, 0.25) is 0 Å². The van der Waals surface area contributed by atoms with Crippen LogP contribution in [0.25, 0.3) is 22.6 Å². The predicted octanol–water partition coefficient (Wildman–Crippen LogP) is 4.71. The van der Waals surface area contributed by atoms with Gasteiger partial charge in [0.25, 0.3) is 0 Å². The minimum absolute atomic E-state index is 0.0951. The Kier molecular flexibility index (Phi) is 6.66. The zero-order valence-corrected chi connectivity index (χ0v) is 20.8. The number of fused-ring (bicyclic) bond motifs is 1. The van der Waals surface area contributed by atoms with Gasteiger partial charge in [-0.3, -0.25) is 19.7 Å². The topological polar surface area (TPSA) is 67.2 Å². The molecule has 0 radical (unpaired) electrons. The number of likely N-dealkylation sites (tertiary alicyclic amines) is 2. The van der Waals surface area contributed by atoms with Gasteiger partial charge in [-0.15, -0.1) is 0 Å². The number of aromatic nitrogens is 4. The van der Waals surface area contributed by atoms with Crippen molar-refractivity contribution < 1.29 is 9.18 Å². The second-order valence-electron chi connectivity index (χ2n) is 10.1. The Hall–Kier alpha value is -3.65. The molecule has 37 heavy (non-hydrogen) atoms. The van der Waals surface area contributed by atoms with Crippen molar-refractivity contribution in [2.75, 3.05) is 26.2 Å². The van der Waals surface area contributed by atoms with E-state index in [1.54, 1.807) is 12.3 Å². The smallest absolute Gasteiger partial charge is 0.225 e. The number of halogens is 1. The van der Waals surface area contributed by atoms with Crippen molar-refractivity contribution in [3.05, 3.63) is 78.5 Å². The van der Waals surface area contributed by atoms with E-state index in [0.29, 0.717) is 11.4 Å². The first-order valence-corrected chi connectivity index (χ1v) is 13.2. The average molecular weight is 499 g/mol. The maximum absolute atomic E-state index is 14.0. The van der Waals surface area contributed by atoms with Crippen molar-refractivity contribution in [2.45, 2.75) is 38.3 Å². The fourth-order valence-corrected chi connectivity index (χ4v) is 5.78. The molecule has 1 amide bonds. The summed E-state index contributed by atoms with van der Waals surface area (Å²) in [6, 6.07) is 16.7. The molecule has 5 heterocycles. The molecule has 2 aliphatic heterocycles. The highest BCUT2D eigenvalue weighted by atomic mass is 19.1. The summed E-state index contributed by atoms with van der Waals surface area (Å²) in [5, 5.41) is 0. The van der Waals surface area contributed by atoms with E-state index >= 15 is 0 Å². The summed E-state index contributed by atoms with van der Waals surface area (Å²) in [6.45, 7) is 4.14. The van der Waals surface area contributed by atoms with Gasteiger partial charge in [0.1, 0.15) is 11.5 Å². The summed E-state index contributed by atoms with van der Waals surface area (Å²) >= 11 is 0.